The lowest BCUT2D eigenvalue weighted by Gasteiger charge is -2.21. The fourth-order valence-corrected chi connectivity index (χ4v) is 3.07. The molecule has 70 valence electrons. The van der Waals surface area contributed by atoms with Gasteiger partial charge in [-0.25, -0.2) is 4.98 Å². The summed E-state index contributed by atoms with van der Waals surface area (Å²) in [6, 6.07) is 8.62. The number of benzene rings is 1. The maximum atomic E-state index is 4.45. The minimum Gasteiger partial charge on any atom is -0.244 e. The van der Waals surface area contributed by atoms with Crippen molar-refractivity contribution in [2.45, 2.75) is 19.3 Å². The molecule has 0 aliphatic heterocycles. The Balaban J connectivity index is 2.30. The average Bonchev–Trinajstić information content (AvgIpc) is 2.66. The summed E-state index contributed by atoms with van der Waals surface area (Å²) in [5, 5.41) is 0. The van der Waals surface area contributed by atoms with E-state index in [4.69, 9.17) is 0 Å². The van der Waals surface area contributed by atoms with Crippen LogP contribution in [0.25, 0.3) is 11.3 Å². The first kappa shape index (κ1) is 8.18. The van der Waals surface area contributed by atoms with Gasteiger partial charge in [0.15, 0.2) is 0 Å². The Morgan fingerprint density at radius 2 is 2.21 bits per heavy atom. The number of fused-ring (bicyclic) bond motifs is 3. The molecule has 0 radical (unpaired) electrons. The van der Waals surface area contributed by atoms with Gasteiger partial charge in [0.2, 0.25) is 0 Å². The number of hydrogen-bond donors (Lipinski definition) is 0. The monoisotopic (exact) mass is 201 g/mol. The van der Waals surface area contributed by atoms with Gasteiger partial charge in [-0.15, -0.1) is 11.3 Å². The summed E-state index contributed by atoms with van der Waals surface area (Å²) < 4.78 is 0. The second kappa shape index (κ2) is 2.92. The van der Waals surface area contributed by atoms with Crippen molar-refractivity contribution < 1.29 is 0 Å². The van der Waals surface area contributed by atoms with Gasteiger partial charge in [0, 0.05) is 10.4 Å². The van der Waals surface area contributed by atoms with Gasteiger partial charge >= 0.3 is 0 Å². The molecular weight excluding hydrogens is 190 g/mol. The van der Waals surface area contributed by atoms with E-state index in [2.05, 4.69) is 36.2 Å². The van der Waals surface area contributed by atoms with E-state index in [0.717, 1.165) is 6.42 Å². The zero-order valence-electron chi connectivity index (χ0n) is 8.03. The fraction of sp³-hybridized carbons (Fsp3) is 0.250. The molecule has 1 aromatic carbocycles. The maximum Gasteiger partial charge on any atom is 0.0846 e. The van der Waals surface area contributed by atoms with Crippen molar-refractivity contribution in [2.24, 2.45) is 0 Å². The molecule has 2 aromatic rings. The lowest BCUT2D eigenvalue weighted by atomic mass is 9.86. The summed E-state index contributed by atoms with van der Waals surface area (Å²) >= 11 is 1.78. The second-order valence-corrected chi connectivity index (χ2v) is 4.76. The van der Waals surface area contributed by atoms with E-state index in [1.807, 2.05) is 5.51 Å². The van der Waals surface area contributed by atoms with E-state index < -0.39 is 0 Å². The molecule has 1 aromatic heterocycles. The molecular formula is C12H11NS. The Bertz CT molecular complexity index is 473. The van der Waals surface area contributed by atoms with Gasteiger partial charge in [-0.1, -0.05) is 31.2 Å². The van der Waals surface area contributed by atoms with Crippen LogP contribution >= 0.6 is 11.3 Å². The molecule has 0 saturated heterocycles. The molecule has 1 atom stereocenters. The van der Waals surface area contributed by atoms with E-state index >= 15 is 0 Å². The van der Waals surface area contributed by atoms with Gasteiger partial charge in [0.25, 0.3) is 0 Å². The number of hydrogen-bond acceptors (Lipinski definition) is 2. The van der Waals surface area contributed by atoms with Crippen LogP contribution in [0.5, 0.6) is 0 Å². The highest BCUT2D eigenvalue weighted by Crippen LogP contribution is 2.39. The normalized spacial score (nSPS) is 18.8. The molecule has 0 fully saturated rings. The Morgan fingerprint density at radius 1 is 1.36 bits per heavy atom. The van der Waals surface area contributed by atoms with Crippen LogP contribution in [0.1, 0.15) is 23.3 Å². The minimum atomic E-state index is 0.638. The van der Waals surface area contributed by atoms with Crippen molar-refractivity contribution in [3.05, 3.63) is 40.2 Å². The highest BCUT2D eigenvalue weighted by atomic mass is 32.1. The zero-order valence-corrected chi connectivity index (χ0v) is 8.84. The van der Waals surface area contributed by atoms with E-state index in [9.17, 15) is 0 Å². The summed E-state index contributed by atoms with van der Waals surface area (Å²) in [5.74, 6) is 0.638. The van der Waals surface area contributed by atoms with Crippen molar-refractivity contribution >= 4 is 11.3 Å². The van der Waals surface area contributed by atoms with Crippen LogP contribution < -0.4 is 0 Å². The third-order valence-corrected chi connectivity index (χ3v) is 3.73. The van der Waals surface area contributed by atoms with E-state index in [1.165, 1.54) is 21.7 Å². The fourth-order valence-electron chi connectivity index (χ4n) is 2.17. The van der Waals surface area contributed by atoms with Crippen LogP contribution in [0, 0.1) is 0 Å². The lowest BCUT2D eigenvalue weighted by Crippen LogP contribution is -2.06. The van der Waals surface area contributed by atoms with Crippen molar-refractivity contribution in [1.29, 1.82) is 0 Å². The number of nitrogens with zero attached hydrogens (tertiary/aromatic N) is 1. The van der Waals surface area contributed by atoms with E-state index in [-0.39, 0.29) is 0 Å². The van der Waals surface area contributed by atoms with E-state index in [1.54, 1.807) is 11.3 Å². The molecule has 0 saturated carbocycles. The molecule has 3 rings (SSSR count). The van der Waals surface area contributed by atoms with Crippen LogP contribution in [0.2, 0.25) is 0 Å². The molecule has 2 heteroatoms. The predicted molar refractivity (Wildman–Crippen MR) is 59.7 cm³/mol. The Morgan fingerprint density at radius 3 is 3.14 bits per heavy atom. The highest BCUT2D eigenvalue weighted by molar-refractivity contribution is 7.10. The van der Waals surface area contributed by atoms with Crippen molar-refractivity contribution in [3.8, 4) is 11.3 Å². The first-order valence-electron chi connectivity index (χ1n) is 4.88. The molecule has 1 nitrogen and oxygen atoms in total. The summed E-state index contributed by atoms with van der Waals surface area (Å²) in [6.07, 6.45) is 1.15. The zero-order chi connectivity index (χ0) is 9.54. The second-order valence-electron chi connectivity index (χ2n) is 3.82. The SMILES string of the molecule is CC1Cc2scnc2-c2ccccc21. The van der Waals surface area contributed by atoms with Gasteiger partial charge < -0.3 is 0 Å². The molecule has 0 bridgehead atoms. The number of thiazole rings is 1. The average molecular weight is 201 g/mol. The molecule has 0 spiro atoms. The molecule has 0 N–H and O–H groups in total. The summed E-state index contributed by atoms with van der Waals surface area (Å²) in [4.78, 5) is 5.89. The van der Waals surface area contributed by atoms with Crippen molar-refractivity contribution in [1.82, 2.24) is 4.98 Å². The predicted octanol–water partition coefficient (Wildman–Crippen LogP) is 3.47. The Labute approximate surface area is 87.4 Å². The molecule has 1 aliphatic rings. The third-order valence-electron chi connectivity index (χ3n) is 2.88. The van der Waals surface area contributed by atoms with Crippen molar-refractivity contribution in [2.75, 3.05) is 0 Å². The molecule has 1 unspecified atom stereocenters. The number of aromatic nitrogens is 1. The van der Waals surface area contributed by atoms with Crippen LogP contribution in [-0.2, 0) is 6.42 Å². The quantitative estimate of drug-likeness (QED) is 0.636. The van der Waals surface area contributed by atoms with Crippen LogP contribution in [0.3, 0.4) is 0 Å². The Hall–Kier alpha value is -1.15. The molecule has 0 amide bonds. The van der Waals surface area contributed by atoms with Crippen LogP contribution in [-0.4, -0.2) is 4.98 Å². The first-order valence-corrected chi connectivity index (χ1v) is 5.76. The van der Waals surface area contributed by atoms with Gasteiger partial charge in [0.05, 0.1) is 11.2 Å². The van der Waals surface area contributed by atoms with E-state index in [0.29, 0.717) is 5.92 Å². The summed E-state index contributed by atoms with van der Waals surface area (Å²) in [5.41, 5.74) is 5.96. The Kier molecular flexibility index (Phi) is 1.71. The van der Waals surface area contributed by atoms with Gasteiger partial charge in [0.1, 0.15) is 0 Å². The molecule has 1 heterocycles. The topological polar surface area (TPSA) is 12.9 Å². The smallest absolute Gasteiger partial charge is 0.0846 e. The first-order chi connectivity index (χ1) is 6.86. The lowest BCUT2D eigenvalue weighted by molar-refractivity contribution is 0.757. The van der Waals surface area contributed by atoms with Crippen LogP contribution in [0.15, 0.2) is 29.8 Å². The highest BCUT2D eigenvalue weighted by Gasteiger charge is 2.22. The molecule has 1 aliphatic carbocycles. The minimum absolute atomic E-state index is 0.638. The third kappa shape index (κ3) is 1.04. The van der Waals surface area contributed by atoms with Crippen LogP contribution in [0.4, 0.5) is 0 Å². The largest absolute Gasteiger partial charge is 0.244 e. The number of rotatable bonds is 0. The standard InChI is InChI=1S/C12H11NS/c1-8-6-11-12(13-7-14-11)10-5-3-2-4-9(8)10/h2-5,7-8H,6H2,1H3. The molecule has 14 heavy (non-hydrogen) atoms. The van der Waals surface area contributed by atoms with Gasteiger partial charge in [-0.2, -0.15) is 0 Å². The van der Waals surface area contributed by atoms with Gasteiger partial charge in [-0.3, -0.25) is 0 Å². The van der Waals surface area contributed by atoms with Crippen molar-refractivity contribution in [3.63, 3.8) is 0 Å². The van der Waals surface area contributed by atoms with Gasteiger partial charge in [-0.05, 0) is 17.9 Å². The summed E-state index contributed by atoms with van der Waals surface area (Å²) in [7, 11) is 0. The maximum absolute atomic E-state index is 4.45. The summed E-state index contributed by atoms with van der Waals surface area (Å²) in [6.45, 7) is 2.29.